The fourth-order valence-electron chi connectivity index (χ4n) is 1.88. The van der Waals surface area contributed by atoms with Gasteiger partial charge in [-0.25, -0.2) is 0 Å². The fraction of sp³-hybridized carbons (Fsp3) is 0.250. The van der Waals surface area contributed by atoms with Gasteiger partial charge in [-0.1, -0.05) is 24.3 Å². The lowest BCUT2D eigenvalue weighted by atomic mass is 10.0. The smallest absolute Gasteiger partial charge is 0.289 e. The van der Waals surface area contributed by atoms with E-state index in [9.17, 15) is 62.3 Å². The van der Waals surface area contributed by atoms with Crippen molar-refractivity contribution in [3.63, 3.8) is 0 Å². The van der Waals surface area contributed by atoms with E-state index in [1.165, 1.54) is 0 Å². The Morgan fingerprint density at radius 2 is 0.700 bits per heavy atom. The van der Waals surface area contributed by atoms with E-state index in [4.69, 9.17) is 0 Å². The maximum atomic E-state index is 12.4. The Bertz CT molecular complexity index is 757. The molecule has 0 bridgehead atoms. The van der Waals surface area contributed by atoms with Gasteiger partial charge in [0, 0.05) is 23.3 Å². The van der Waals surface area contributed by atoms with Crippen LogP contribution in [0.3, 0.4) is 0 Å². The van der Waals surface area contributed by atoms with Crippen LogP contribution in [0.4, 0.5) is 52.7 Å². The predicted octanol–water partition coefficient (Wildman–Crippen LogP) is 6.15. The summed E-state index contributed by atoms with van der Waals surface area (Å²) in [7, 11) is 0. The summed E-state index contributed by atoms with van der Waals surface area (Å²) in [5.41, 5.74) is -7.95. The van der Waals surface area contributed by atoms with Gasteiger partial charge in [0.2, 0.25) is 0 Å². The molecule has 1 rings (SSSR count). The fourth-order valence-corrected chi connectivity index (χ4v) is 1.88. The van der Waals surface area contributed by atoms with E-state index in [0.717, 1.165) is 0 Å². The second-order valence-electron chi connectivity index (χ2n) is 5.41. The quantitative estimate of drug-likeness (QED) is 0.308. The van der Waals surface area contributed by atoms with Gasteiger partial charge in [-0.2, -0.15) is 52.7 Å². The first-order valence-electron chi connectivity index (χ1n) is 7.15. The van der Waals surface area contributed by atoms with Gasteiger partial charge in [0.1, 0.15) is 11.1 Å². The minimum absolute atomic E-state index is 0.463. The molecule has 0 amide bonds. The minimum Gasteiger partial charge on any atom is -0.289 e. The number of hydrogen-bond acceptors (Lipinski definition) is 2. The SMILES string of the molecule is O=C(C=C(C(F)(F)F)C(F)(F)F)c1ccc(C(=O)C=C(C(F)(F)F)C(F)(F)F)cc1. The van der Waals surface area contributed by atoms with Crippen molar-refractivity contribution in [2.75, 3.05) is 0 Å². The second-order valence-corrected chi connectivity index (χ2v) is 5.41. The Balaban J connectivity index is 3.26. The average Bonchev–Trinajstić information content (AvgIpc) is 2.53. The number of allylic oxidation sites excluding steroid dienone is 4. The molecule has 14 heteroatoms. The molecular formula is C16H6F12O2. The van der Waals surface area contributed by atoms with E-state index in [1.54, 1.807) is 0 Å². The normalized spacial score (nSPS) is 12.9. The molecule has 0 heterocycles. The largest absolute Gasteiger partial charge is 0.421 e. The van der Waals surface area contributed by atoms with Crippen LogP contribution < -0.4 is 0 Å². The number of carbonyl (C=O) groups is 2. The number of carbonyl (C=O) groups excluding carboxylic acids is 2. The molecule has 166 valence electrons. The summed E-state index contributed by atoms with van der Waals surface area (Å²) < 4.78 is 149. The molecule has 0 saturated carbocycles. The van der Waals surface area contributed by atoms with E-state index < -0.39 is 70.7 Å². The van der Waals surface area contributed by atoms with Crippen molar-refractivity contribution in [3.05, 3.63) is 58.7 Å². The Hall–Kier alpha value is -2.80. The first-order chi connectivity index (χ1) is 13.2. The Morgan fingerprint density at radius 1 is 0.500 bits per heavy atom. The van der Waals surface area contributed by atoms with Crippen molar-refractivity contribution in [2.45, 2.75) is 24.7 Å². The van der Waals surface area contributed by atoms with Crippen LogP contribution in [0.5, 0.6) is 0 Å². The van der Waals surface area contributed by atoms with E-state index in [1.807, 2.05) is 0 Å². The van der Waals surface area contributed by atoms with Crippen LogP contribution in [0.1, 0.15) is 20.7 Å². The van der Waals surface area contributed by atoms with Gasteiger partial charge < -0.3 is 0 Å². The third-order valence-corrected chi connectivity index (χ3v) is 3.23. The van der Waals surface area contributed by atoms with E-state index in [2.05, 4.69) is 0 Å². The number of rotatable bonds is 4. The number of ketones is 2. The molecule has 0 atom stereocenters. The standard InChI is InChI=1S/C16H6F12O2/c17-13(18,19)11(14(20,21)22)5-9(29)7-1-2-8(4-3-7)10(30)6-12(15(23,24)25)16(26,27)28/h1-6H. The molecule has 0 aromatic heterocycles. The third-order valence-electron chi connectivity index (χ3n) is 3.23. The van der Waals surface area contributed by atoms with Crippen LogP contribution in [0.15, 0.2) is 47.6 Å². The van der Waals surface area contributed by atoms with Gasteiger partial charge in [-0.15, -0.1) is 0 Å². The zero-order valence-electron chi connectivity index (χ0n) is 13.8. The van der Waals surface area contributed by atoms with Crippen molar-refractivity contribution >= 4 is 11.6 Å². The van der Waals surface area contributed by atoms with Crippen LogP contribution in [-0.4, -0.2) is 36.3 Å². The molecule has 0 aliphatic heterocycles. The topological polar surface area (TPSA) is 34.1 Å². The summed E-state index contributed by atoms with van der Waals surface area (Å²) in [5, 5.41) is 0. The highest BCUT2D eigenvalue weighted by atomic mass is 19.4. The second kappa shape index (κ2) is 8.14. The van der Waals surface area contributed by atoms with E-state index in [0.29, 0.717) is 24.3 Å². The van der Waals surface area contributed by atoms with Crippen LogP contribution in [0.2, 0.25) is 0 Å². The van der Waals surface area contributed by atoms with Crippen molar-refractivity contribution in [1.82, 2.24) is 0 Å². The number of hydrogen-bond donors (Lipinski definition) is 0. The van der Waals surface area contributed by atoms with Gasteiger partial charge >= 0.3 is 24.7 Å². The number of benzene rings is 1. The maximum Gasteiger partial charge on any atom is 0.421 e. The first kappa shape index (κ1) is 25.2. The van der Waals surface area contributed by atoms with Gasteiger partial charge in [-0.05, 0) is 0 Å². The molecular weight excluding hydrogens is 452 g/mol. The van der Waals surface area contributed by atoms with Crippen LogP contribution >= 0.6 is 0 Å². The zero-order chi connectivity index (χ0) is 23.7. The predicted molar refractivity (Wildman–Crippen MR) is 75.5 cm³/mol. The molecule has 0 aliphatic carbocycles. The highest BCUT2D eigenvalue weighted by Crippen LogP contribution is 2.39. The van der Waals surface area contributed by atoms with Gasteiger partial charge in [0.15, 0.2) is 11.6 Å². The molecule has 0 aliphatic rings. The van der Waals surface area contributed by atoms with E-state index in [-0.39, 0.29) is 0 Å². The van der Waals surface area contributed by atoms with Crippen LogP contribution in [0.25, 0.3) is 0 Å². The van der Waals surface area contributed by atoms with Crippen molar-refractivity contribution in [3.8, 4) is 0 Å². The molecule has 0 radical (unpaired) electrons. The molecule has 0 fully saturated rings. The molecule has 0 N–H and O–H groups in total. The molecule has 0 spiro atoms. The molecule has 0 saturated heterocycles. The van der Waals surface area contributed by atoms with Crippen molar-refractivity contribution in [2.24, 2.45) is 0 Å². The summed E-state index contributed by atoms with van der Waals surface area (Å²) in [5.74, 6) is -3.64. The third kappa shape index (κ3) is 6.62. The van der Waals surface area contributed by atoms with Gasteiger partial charge in [0.25, 0.3) is 0 Å². The monoisotopic (exact) mass is 458 g/mol. The summed E-state index contributed by atoms with van der Waals surface area (Å²) in [6, 6.07) is 1.85. The lowest BCUT2D eigenvalue weighted by molar-refractivity contribution is -0.173. The molecule has 1 aromatic carbocycles. The minimum atomic E-state index is -5.93. The summed E-state index contributed by atoms with van der Waals surface area (Å²) in [4.78, 5) is 23.2. The maximum absolute atomic E-state index is 12.4. The highest BCUT2D eigenvalue weighted by molar-refractivity contribution is 6.08. The van der Waals surface area contributed by atoms with Crippen molar-refractivity contribution < 1.29 is 62.3 Å². The van der Waals surface area contributed by atoms with Gasteiger partial charge in [-0.3, -0.25) is 9.59 Å². The molecule has 30 heavy (non-hydrogen) atoms. The molecule has 0 unspecified atom stereocenters. The lowest BCUT2D eigenvalue weighted by Gasteiger charge is -2.14. The summed E-state index contributed by atoms with van der Waals surface area (Å²) in [6.07, 6.45) is -25.3. The summed E-state index contributed by atoms with van der Waals surface area (Å²) >= 11 is 0. The molecule has 2 nitrogen and oxygen atoms in total. The van der Waals surface area contributed by atoms with Crippen LogP contribution in [0, 0.1) is 0 Å². The molecule has 1 aromatic rings. The highest BCUT2D eigenvalue weighted by Gasteiger charge is 2.52. The van der Waals surface area contributed by atoms with Crippen LogP contribution in [-0.2, 0) is 0 Å². The first-order valence-corrected chi connectivity index (χ1v) is 7.15. The van der Waals surface area contributed by atoms with Crippen molar-refractivity contribution in [1.29, 1.82) is 0 Å². The van der Waals surface area contributed by atoms with Gasteiger partial charge in [0.05, 0.1) is 0 Å². The number of alkyl halides is 12. The lowest BCUT2D eigenvalue weighted by Crippen LogP contribution is -2.27. The summed E-state index contributed by atoms with van der Waals surface area (Å²) in [6.45, 7) is 0. The average molecular weight is 458 g/mol. The van der Waals surface area contributed by atoms with E-state index >= 15 is 0 Å². The Kier molecular flexibility index (Phi) is 6.85. The zero-order valence-corrected chi connectivity index (χ0v) is 13.8. The Labute approximate surface area is 158 Å². The Morgan fingerprint density at radius 3 is 0.867 bits per heavy atom. The number of halogens is 12.